The summed E-state index contributed by atoms with van der Waals surface area (Å²) in [6.45, 7) is 1.82. The molecule has 19 heavy (non-hydrogen) atoms. The van der Waals surface area contributed by atoms with E-state index in [1.54, 1.807) is 0 Å². The number of nitrogens with zero attached hydrogens (tertiary/aromatic N) is 3. The van der Waals surface area contributed by atoms with Crippen molar-refractivity contribution in [2.75, 3.05) is 13.1 Å². The molecule has 1 fully saturated rings. The summed E-state index contributed by atoms with van der Waals surface area (Å²) in [6, 6.07) is 11.9. The summed E-state index contributed by atoms with van der Waals surface area (Å²) in [6.07, 6.45) is 0. The van der Waals surface area contributed by atoms with Crippen LogP contribution in [0.25, 0.3) is 22.4 Å². The average Bonchev–Trinajstić information content (AvgIpc) is 2.85. The Morgan fingerprint density at radius 1 is 1.05 bits per heavy atom. The molecule has 1 N–H and O–H groups in total. The number of nitrogens with one attached hydrogen (secondary N) is 1. The number of para-hydroxylation sites is 1. The van der Waals surface area contributed by atoms with Gasteiger partial charge in [-0.1, -0.05) is 29.4 Å². The minimum atomic E-state index is 0.349. The summed E-state index contributed by atoms with van der Waals surface area (Å²) in [5.74, 6) is 1.61. The lowest BCUT2D eigenvalue weighted by Crippen LogP contribution is -2.40. The lowest BCUT2D eigenvalue weighted by atomic mass is 10.0. The van der Waals surface area contributed by atoms with E-state index in [2.05, 4.69) is 20.4 Å². The van der Waals surface area contributed by atoms with E-state index in [0.29, 0.717) is 17.6 Å². The van der Waals surface area contributed by atoms with Gasteiger partial charge in [-0.05, 0) is 12.1 Å². The lowest BCUT2D eigenvalue weighted by molar-refractivity contribution is 0.308. The van der Waals surface area contributed by atoms with Crippen LogP contribution in [0.3, 0.4) is 0 Å². The highest BCUT2D eigenvalue weighted by Gasteiger charge is 2.25. The van der Waals surface area contributed by atoms with Gasteiger partial charge >= 0.3 is 0 Å². The van der Waals surface area contributed by atoms with E-state index in [1.165, 1.54) is 0 Å². The maximum atomic E-state index is 5.29. The first-order valence-corrected chi connectivity index (χ1v) is 6.31. The van der Waals surface area contributed by atoms with Crippen LogP contribution in [-0.2, 0) is 0 Å². The Kier molecular flexibility index (Phi) is 2.31. The molecule has 0 saturated carbocycles. The van der Waals surface area contributed by atoms with Crippen molar-refractivity contribution in [3.8, 4) is 11.5 Å². The molecule has 5 nitrogen and oxygen atoms in total. The Bertz CT molecular complexity index is 733. The number of aromatic nitrogens is 3. The van der Waals surface area contributed by atoms with Crippen molar-refractivity contribution in [1.29, 1.82) is 0 Å². The molecule has 3 heterocycles. The number of fused-ring (bicyclic) bond motifs is 1. The number of benzene rings is 1. The van der Waals surface area contributed by atoms with Crippen LogP contribution >= 0.6 is 0 Å². The highest BCUT2D eigenvalue weighted by atomic mass is 16.5. The van der Waals surface area contributed by atoms with Gasteiger partial charge < -0.3 is 9.84 Å². The van der Waals surface area contributed by atoms with E-state index < -0.39 is 0 Å². The van der Waals surface area contributed by atoms with Gasteiger partial charge in [0.2, 0.25) is 11.7 Å². The maximum absolute atomic E-state index is 5.29. The van der Waals surface area contributed by atoms with E-state index in [4.69, 9.17) is 4.52 Å². The van der Waals surface area contributed by atoms with Crippen LogP contribution < -0.4 is 5.32 Å². The first-order valence-electron chi connectivity index (χ1n) is 6.31. The quantitative estimate of drug-likeness (QED) is 0.755. The predicted molar refractivity (Wildman–Crippen MR) is 70.6 cm³/mol. The van der Waals surface area contributed by atoms with Crippen LogP contribution in [-0.4, -0.2) is 28.2 Å². The third kappa shape index (κ3) is 1.79. The van der Waals surface area contributed by atoms with E-state index in [-0.39, 0.29) is 0 Å². The fourth-order valence-corrected chi connectivity index (χ4v) is 2.16. The summed E-state index contributed by atoms with van der Waals surface area (Å²) >= 11 is 0. The van der Waals surface area contributed by atoms with Gasteiger partial charge in [-0.15, -0.1) is 0 Å². The number of rotatable bonds is 2. The first-order chi connectivity index (χ1) is 9.40. The number of pyridine rings is 1. The molecule has 5 heteroatoms. The van der Waals surface area contributed by atoms with Crippen LogP contribution in [0.2, 0.25) is 0 Å². The standard InChI is InChI=1S/C14H12N4O/c1-2-4-11-9(3-1)5-6-12(16-11)13-17-14(19-18-13)10-7-15-8-10/h1-6,10,15H,7-8H2. The fraction of sp³-hybridized carbons (Fsp3) is 0.214. The number of hydrogen-bond acceptors (Lipinski definition) is 5. The van der Waals surface area contributed by atoms with Gasteiger partial charge in [-0.25, -0.2) is 4.98 Å². The smallest absolute Gasteiger partial charge is 0.232 e. The minimum Gasteiger partial charge on any atom is -0.339 e. The zero-order chi connectivity index (χ0) is 12.7. The van der Waals surface area contributed by atoms with Crippen molar-refractivity contribution in [3.63, 3.8) is 0 Å². The molecule has 1 aliphatic rings. The predicted octanol–water partition coefficient (Wildman–Crippen LogP) is 1.97. The Labute approximate surface area is 109 Å². The minimum absolute atomic E-state index is 0.349. The molecule has 0 amide bonds. The topological polar surface area (TPSA) is 63.8 Å². The van der Waals surface area contributed by atoms with Crippen LogP contribution in [0, 0.1) is 0 Å². The first kappa shape index (κ1) is 10.6. The summed E-state index contributed by atoms with van der Waals surface area (Å²) in [5, 5.41) is 8.32. The monoisotopic (exact) mass is 252 g/mol. The fourth-order valence-electron chi connectivity index (χ4n) is 2.16. The maximum Gasteiger partial charge on any atom is 0.232 e. The van der Waals surface area contributed by atoms with Crippen molar-refractivity contribution in [2.24, 2.45) is 0 Å². The molecule has 0 atom stereocenters. The molecule has 1 saturated heterocycles. The second-order valence-corrected chi connectivity index (χ2v) is 4.70. The average molecular weight is 252 g/mol. The molecule has 0 bridgehead atoms. The van der Waals surface area contributed by atoms with Gasteiger partial charge in [-0.2, -0.15) is 4.98 Å². The molecular formula is C14H12N4O. The summed E-state index contributed by atoms with van der Waals surface area (Å²) in [5.41, 5.74) is 1.69. The molecule has 0 spiro atoms. The van der Waals surface area contributed by atoms with Crippen molar-refractivity contribution in [2.45, 2.75) is 5.92 Å². The van der Waals surface area contributed by atoms with Crippen molar-refractivity contribution in [3.05, 3.63) is 42.3 Å². The highest BCUT2D eigenvalue weighted by Crippen LogP contribution is 2.22. The Hall–Kier alpha value is -2.27. The molecule has 2 aromatic heterocycles. The Balaban J connectivity index is 1.74. The summed E-state index contributed by atoms with van der Waals surface area (Å²) < 4.78 is 5.29. The zero-order valence-electron chi connectivity index (χ0n) is 10.2. The molecule has 0 radical (unpaired) electrons. The molecule has 1 aliphatic heterocycles. The van der Waals surface area contributed by atoms with Crippen LogP contribution in [0.15, 0.2) is 40.9 Å². The zero-order valence-corrected chi connectivity index (χ0v) is 10.2. The van der Waals surface area contributed by atoms with Crippen LogP contribution in [0.1, 0.15) is 11.8 Å². The van der Waals surface area contributed by atoms with Crippen molar-refractivity contribution < 1.29 is 4.52 Å². The van der Waals surface area contributed by atoms with Gasteiger partial charge in [-0.3, -0.25) is 0 Å². The van der Waals surface area contributed by atoms with E-state index in [9.17, 15) is 0 Å². The van der Waals surface area contributed by atoms with E-state index >= 15 is 0 Å². The lowest BCUT2D eigenvalue weighted by Gasteiger charge is -2.22. The normalized spacial score (nSPS) is 15.6. The van der Waals surface area contributed by atoms with E-state index in [1.807, 2.05) is 36.4 Å². The van der Waals surface area contributed by atoms with Crippen LogP contribution in [0.4, 0.5) is 0 Å². The molecule has 0 aliphatic carbocycles. The largest absolute Gasteiger partial charge is 0.339 e. The molecule has 0 unspecified atom stereocenters. The molecule has 94 valence electrons. The Morgan fingerprint density at radius 2 is 1.95 bits per heavy atom. The molecule has 3 aromatic rings. The third-order valence-corrected chi connectivity index (χ3v) is 3.40. The molecular weight excluding hydrogens is 240 g/mol. The van der Waals surface area contributed by atoms with Gasteiger partial charge in [0, 0.05) is 18.5 Å². The second kappa shape index (κ2) is 4.13. The highest BCUT2D eigenvalue weighted by molar-refractivity contribution is 5.80. The van der Waals surface area contributed by atoms with Crippen molar-refractivity contribution in [1.82, 2.24) is 20.4 Å². The third-order valence-electron chi connectivity index (χ3n) is 3.40. The molecule has 4 rings (SSSR count). The summed E-state index contributed by atoms with van der Waals surface area (Å²) in [4.78, 5) is 8.99. The second-order valence-electron chi connectivity index (χ2n) is 4.70. The van der Waals surface area contributed by atoms with Gasteiger partial charge in [0.05, 0.1) is 11.4 Å². The Morgan fingerprint density at radius 3 is 2.79 bits per heavy atom. The van der Waals surface area contributed by atoms with Gasteiger partial charge in [0.15, 0.2) is 0 Å². The summed E-state index contributed by atoms with van der Waals surface area (Å²) in [7, 11) is 0. The SMILES string of the molecule is c1ccc2nc(-c3noc(C4CNC4)n3)ccc2c1. The van der Waals surface area contributed by atoms with Crippen molar-refractivity contribution >= 4 is 10.9 Å². The van der Waals surface area contributed by atoms with E-state index in [0.717, 1.165) is 29.7 Å². The van der Waals surface area contributed by atoms with Gasteiger partial charge in [0.25, 0.3) is 0 Å². The number of hydrogen-bond donors (Lipinski definition) is 1. The van der Waals surface area contributed by atoms with Crippen LogP contribution in [0.5, 0.6) is 0 Å². The van der Waals surface area contributed by atoms with Gasteiger partial charge in [0.1, 0.15) is 5.69 Å². The molecule has 1 aromatic carbocycles.